The van der Waals surface area contributed by atoms with Crippen molar-refractivity contribution in [2.45, 2.75) is 56.9 Å². The number of halogens is 3. The molecule has 1 aromatic rings. The van der Waals surface area contributed by atoms with E-state index in [9.17, 15) is 26.4 Å². The van der Waals surface area contributed by atoms with Gasteiger partial charge in [-0.25, -0.2) is 13.1 Å². The highest BCUT2D eigenvalue weighted by Gasteiger charge is 2.47. The van der Waals surface area contributed by atoms with Crippen LogP contribution in [0.1, 0.15) is 49.5 Å². The molecule has 0 spiro atoms. The highest BCUT2D eigenvalue weighted by molar-refractivity contribution is 7.91. The third kappa shape index (κ3) is 3.53. The quantitative estimate of drug-likeness (QED) is 0.817. The van der Waals surface area contributed by atoms with Gasteiger partial charge in [0.2, 0.25) is 0 Å². The van der Waals surface area contributed by atoms with Gasteiger partial charge < -0.3 is 10.6 Å². The van der Waals surface area contributed by atoms with Crippen LogP contribution in [0.2, 0.25) is 0 Å². The van der Waals surface area contributed by atoms with Crippen LogP contribution in [0, 0.1) is 0 Å². The Balaban J connectivity index is 1.89. The number of fused-ring (bicyclic) bond motifs is 1. The molecule has 11 heteroatoms. The van der Waals surface area contributed by atoms with Gasteiger partial charge in [0.15, 0.2) is 15.9 Å². The highest BCUT2D eigenvalue weighted by Crippen LogP contribution is 2.40. The van der Waals surface area contributed by atoms with Gasteiger partial charge in [-0.2, -0.15) is 18.3 Å². The fraction of sp³-hybridized carbons (Fsp3) is 0.733. The molecule has 0 unspecified atom stereocenters. The second-order valence-corrected chi connectivity index (χ2v) is 9.43. The van der Waals surface area contributed by atoms with Crippen LogP contribution in [0.3, 0.4) is 0 Å². The van der Waals surface area contributed by atoms with Crippen LogP contribution in [-0.2, 0) is 9.84 Å². The maximum atomic E-state index is 13.4. The minimum Gasteiger partial charge on any atom is -0.367 e. The molecule has 0 aliphatic carbocycles. The number of alkyl halides is 3. The molecule has 0 aromatic carbocycles. The maximum absolute atomic E-state index is 13.4. The zero-order valence-electron chi connectivity index (χ0n) is 14.4. The molecular formula is C15H21F3N4O3S. The minimum absolute atomic E-state index is 0.0112. The van der Waals surface area contributed by atoms with Crippen LogP contribution in [0.25, 0.3) is 0 Å². The summed E-state index contributed by atoms with van der Waals surface area (Å²) in [6.07, 6.45) is -2.81. The van der Waals surface area contributed by atoms with Crippen molar-refractivity contribution < 1.29 is 26.4 Å². The lowest BCUT2D eigenvalue weighted by atomic mass is 10.00. The standard InChI is InChI=1S/C15H21F3N4O3S/c1-3-9-6-11(15(16,17)18)22-12(20-9)10(7-19-22)13(23)21-14(2)4-5-26(24,25)8-14/h7,9,11,20H,3-6,8H2,1-2H3,(H,21,23)/t9-,11-,14+/m0/s1. The fourth-order valence-corrected chi connectivity index (χ4v) is 5.61. The topological polar surface area (TPSA) is 93.1 Å². The van der Waals surface area contributed by atoms with E-state index in [1.54, 1.807) is 13.8 Å². The Morgan fingerprint density at radius 2 is 2.19 bits per heavy atom. The largest absolute Gasteiger partial charge is 0.410 e. The first-order chi connectivity index (χ1) is 11.9. The number of nitrogens with one attached hydrogen (secondary N) is 2. The van der Waals surface area contributed by atoms with E-state index in [0.29, 0.717) is 6.42 Å². The van der Waals surface area contributed by atoms with Gasteiger partial charge in [0.25, 0.3) is 5.91 Å². The Kier molecular flexibility index (Phi) is 4.48. The van der Waals surface area contributed by atoms with E-state index in [1.807, 2.05) is 0 Å². The Bertz CT molecular complexity index is 821. The van der Waals surface area contributed by atoms with E-state index < -0.39 is 39.5 Å². The number of rotatable bonds is 3. The average molecular weight is 394 g/mol. The fourth-order valence-electron chi connectivity index (χ4n) is 3.52. The maximum Gasteiger partial charge on any atom is 0.410 e. The lowest BCUT2D eigenvalue weighted by molar-refractivity contribution is -0.173. The predicted molar refractivity (Wildman–Crippen MR) is 88.8 cm³/mol. The molecule has 1 aromatic heterocycles. The summed E-state index contributed by atoms with van der Waals surface area (Å²) < 4.78 is 64.2. The van der Waals surface area contributed by atoms with Gasteiger partial charge in [-0.05, 0) is 26.2 Å². The van der Waals surface area contributed by atoms with Gasteiger partial charge in [0.1, 0.15) is 11.4 Å². The van der Waals surface area contributed by atoms with Gasteiger partial charge in [0, 0.05) is 6.04 Å². The van der Waals surface area contributed by atoms with E-state index in [1.165, 1.54) is 0 Å². The summed E-state index contributed by atoms with van der Waals surface area (Å²) in [5.74, 6) is -0.823. The SMILES string of the molecule is CC[C@H]1C[C@@H](C(F)(F)F)n2ncc(C(=O)N[C@]3(C)CCS(=O)(=O)C3)c2N1. The van der Waals surface area contributed by atoms with Crippen LogP contribution in [0.4, 0.5) is 19.0 Å². The van der Waals surface area contributed by atoms with Crippen LogP contribution in [-0.4, -0.2) is 53.4 Å². The first-order valence-electron chi connectivity index (χ1n) is 8.38. The van der Waals surface area contributed by atoms with Crippen molar-refractivity contribution in [2.24, 2.45) is 0 Å². The van der Waals surface area contributed by atoms with E-state index in [2.05, 4.69) is 15.7 Å². The third-order valence-corrected chi connectivity index (χ3v) is 6.88. The third-order valence-electron chi connectivity index (χ3n) is 4.97. The zero-order chi connectivity index (χ0) is 19.3. The Labute approximate surface area is 149 Å². The molecule has 26 heavy (non-hydrogen) atoms. The van der Waals surface area contributed by atoms with E-state index in [0.717, 1.165) is 10.9 Å². The molecule has 1 fully saturated rings. The summed E-state index contributed by atoms with van der Waals surface area (Å²) >= 11 is 0. The second-order valence-electron chi connectivity index (χ2n) is 7.25. The summed E-state index contributed by atoms with van der Waals surface area (Å²) in [7, 11) is -3.23. The molecule has 1 amide bonds. The van der Waals surface area contributed by atoms with Crippen molar-refractivity contribution in [3.05, 3.63) is 11.8 Å². The monoisotopic (exact) mass is 394 g/mol. The number of hydrogen-bond acceptors (Lipinski definition) is 5. The lowest BCUT2D eigenvalue weighted by Gasteiger charge is -2.33. The van der Waals surface area contributed by atoms with Gasteiger partial charge >= 0.3 is 6.18 Å². The van der Waals surface area contributed by atoms with E-state index >= 15 is 0 Å². The first kappa shape index (κ1) is 19.0. The number of carbonyl (C=O) groups is 1. The van der Waals surface area contributed by atoms with Crippen molar-refractivity contribution in [2.75, 3.05) is 16.8 Å². The summed E-state index contributed by atoms with van der Waals surface area (Å²) in [5.41, 5.74) is -0.949. The normalized spacial score (nSPS) is 30.5. The van der Waals surface area contributed by atoms with E-state index in [-0.39, 0.29) is 35.7 Å². The molecule has 3 atom stereocenters. The Morgan fingerprint density at radius 1 is 1.50 bits per heavy atom. The van der Waals surface area contributed by atoms with Crippen LogP contribution >= 0.6 is 0 Å². The molecule has 3 rings (SSSR count). The number of amides is 1. The van der Waals surface area contributed by atoms with Crippen LogP contribution in [0.5, 0.6) is 0 Å². The molecule has 3 heterocycles. The van der Waals surface area contributed by atoms with Gasteiger partial charge in [-0.15, -0.1) is 0 Å². The number of carbonyl (C=O) groups excluding carboxylic acids is 1. The Morgan fingerprint density at radius 3 is 2.73 bits per heavy atom. The Hall–Kier alpha value is -1.78. The molecular weight excluding hydrogens is 373 g/mol. The summed E-state index contributed by atoms with van der Waals surface area (Å²) in [6, 6.07) is -2.23. The molecule has 146 valence electrons. The van der Waals surface area contributed by atoms with Crippen molar-refractivity contribution in [3.63, 3.8) is 0 Å². The molecule has 7 nitrogen and oxygen atoms in total. The smallest absolute Gasteiger partial charge is 0.367 e. The number of aromatic nitrogens is 2. The van der Waals surface area contributed by atoms with Crippen molar-refractivity contribution in [3.8, 4) is 0 Å². The molecule has 2 aliphatic rings. The molecule has 2 aliphatic heterocycles. The molecule has 0 saturated carbocycles. The number of nitrogens with zero attached hydrogens (tertiary/aromatic N) is 2. The average Bonchev–Trinajstić information content (AvgIpc) is 3.05. The zero-order valence-corrected chi connectivity index (χ0v) is 15.2. The van der Waals surface area contributed by atoms with Crippen LogP contribution in [0.15, 0.2) is 6.20 Å². The lowest BCUT2D eigenvalue weighted by Crippen LogP contribution is -2.47. The summed E-state index contributed by atoms with van der Waals surface area (Å²) in [6.45, 7) is 3.38. The minimum atomic E-state index is -4.48. The van der Waals surface area contributed by atoms with Crippen molar-refractivity contribution in [1.82, 2.24) is 15.1 Å². The molecule has 2 N–H and O–H groups in total. The summed E-state index contributed by atoms with van der Waals surface area (Å²) in [4.78, 5) is 12.6. The second kappa shape index (κ2) is 6.14. The number of anilines is 1. The van der Waals surface area contributed by atoms with E-state index in [4.69, 9.17) is 0 Å². The number of sulfone groups is 1. The summed E-state index contributed by atoms with van der Waals surface area (Å²) in [5, 5.41) is 9.39. The highest BCUT2D eigenvalue weighted by atomic mass is 32.2. The molecule has 0 bridgehead atoms. The first-order valence-corrected chi connectivity index (χ1v) is 10.2. The van der Waals surface area contributed by atoms with Crippen molar-refractivity contribution in [1.29, 1.82) is 0 Å². The molecule has 0 radical (unpaired) electrons. The van der Waals surface area contributed by atoms with Crippen LogP contribution < -0.4 is 10.6 Å². The predicted octanol–water partition coefficient (Wildman–Crippen LogP) is 1.89. The van der Waals surface area contributed by atoms with Crippen molar-refractivity contribution >= 4 is 21.6 Å². The van der Waals surface area contributed by atoms with Gasteiger partial charge in [-0.3, -0.25) is 4.79 Å². The van der Waals surface area contributed by atoms with Gasteiger partial charge in [-0.1, -0.05) is 6.92 Å². The van der Waals surface area contributed by atoms with Gasteiger partial charge in [0.05, 0.1) is 23.2 Å². The molecule has 1 saturated heterocycles. The number of hydrogen-bond donors (Lipinski definition) is 2.